The summed E-state index contributed by atoms with van der Waals surface area (Å²) in [5.41, 5.74) is 0. The van der Waals surface area contributed by atoms with Crippen molar-refractivity contribution in [2.45, 2.75) is 18.7 Å². The van der Waals surface area contributed by atoms with E-state index in [2.05, 4.69) is 13.8 Å². The summed E-state index contributed by atoms with van der Waals surface area (Å²) < 4.78 is 31.8. The third-order valence-corrected chi connectivity index (χ3v) is 5.62. The monoisotopic (exact) mass is 299 g/mol. The molecule has 0 saturated carbocycles. The second-order valence-electron chi connectivity index (χ2n) is 5.32. The Bertz CT molecular complexity index is 531. The molecule has 0 bridgehead atoms. The highest BCUT2D eigenvalue weighted by Gasteiger charge is 2.34. The lowest BCUT2D eigenvalue weighted by atomic mass is 10.0. The molecular formula is C14H21NO4S. The van der Waals surface area contributed by atoms with Gasteiger partial charge in [-0.25, -0.2) is 8.42 Å². The summed E-state index contributed by atoms with van der Waals surface area (Å²) in [6, 6.07) is 6.34. The van der Waals surface area contributed by atoms with Crippen LogP contribution in [-0.4, -0.2) is 44.1 Å². The number of nitrogens with zero attached hydrogens (tertiary/aromatic N) is 1. The van der Waals surface area contributed by atoms with Crippen molar-refractivity contribution in [1.82, 2.24) is 4.31 Å². The average Bonchev–Trinajstić information content (AvgIpc) is 2.77. The number of benzene rings is 1. The second kappa shape index (κ2) is 6.11. The van der Waals surface area contributed by atoms with E-state index in [9.17, 15) is 8.42 Å². The molecule has 1 aliphatic rings. The Labute approximate surface area is 120 Å². The highest BCUT2D eigenvalue weighted by atomic mass is 32.2. The zero-order valence-corrected chi connectivity index (χ0v) is 12.6. The Kier molecular flexibility index (Phi) is 4.67. The lowest BCUT2D eigenvalue weighted by Crippen LogP contribution is -2.29. The minimum Gasteiger partial charge on any atom is -0.491 e. The Morgan fingerprint density at radius 1 is 1.20 bits per heavy atom. The van der Waals surface area contributed by atoms with Crippen LogP contribution in [0.15, 0.2) is 29.2 Å². The molecular weight excluding hydrogens is 278 g/mol. The minimum atomic E-state index is -3.41. The smallest absolute Gasteiger partial charge is 0.243 e. The molecule has 2 unspecified atom stereocenters. The number of sulfonamides is 1. The van der Waals surface area contributed by atoms with Gasteiger partial charge in [0.1, 0.15) is 12.4 Å². The van der Waals surface area contributed by atoms with Crippen LogP contribution < -0.4 is 4.74 Å². The first-order chi connectivity index (χ1) is 9.45. The number of aliphatic hydroxyl groups excluding tert-OH is 1. The molecule has 0 amide bonds. The molecule has 0 aromatic heterocycles. The van der Waals surface area contributed by atoms with Crippen molar-refractivity contribution in [3.63, 3.8) is 0 Å². The number of hydrogen-bond donors (Lipinski definition) is 1. The molecule has 2 atom stereocenters. The normalized spacial score (nSPS) is 23.9. The molecule has 1 heterocycles. The van der Waals surface area contributed by atoms with Crippen LogP contribution in [0.25, 0.3) is 0 Å². The van der Waals surface area contributed by atoms with Crippen LogP contribution in [0.1, 0.15) is 13.8 Å². The molecule has 1 fully saturated rings. The Balaban J connectivity index is 2.14. The van der Waals surface area contributed by atoms with Gasteiger partial charge in [-0.1, -0.05) is 13.8 Å². The van der Waals surface area contributed by atoms with Gasteiger partial charge in [0.05, 0.1) is 11.5 Å². The average molecular weight is 299 g/mol. The standard InChI is InChI=1S/C14H21NO4S/c1-11-9-15(10-12(11)2)20(17,18)14-5-3-13(4-6-14)19-8-7-16/h3-6,11-12,16H,7-10H2,1-2H3. The molecule has 112 valence electrons. The fraction of sp³-hybridized carbons (Fsp3) is 0.571. The Hall–Kier alpha value is -1.11. The summed E-state index contributed by atoms with van der Waals surface area (Å²) in [5.74, 6) is 1.33. The van der Waals surface area contributed by atoms with Crippen LogP contribution in [0.2, 0.25) is 0 Å². The highest BCUT2D eigenvalue weighted by Crippen LogP contribution is 2.28. The molecule has 0 radical (unpaired) electrons. The van der Waals surface area contributed by atoms with E-state index in [-0.39, 0.29) is 18.1 Å². The van der Waals surface area contributed by atoms with Crippen LogP contribution >= 0.6 is 0 Å². The molecule has 6 heteroatoms. The molecule has 1 aliphatic heterocycles. The topological polar surface area (TPSA) is 66.8 Å². The molecule has 0 spiro atoms. The summed E-state index contributed by atoms with van der Waals surface area (Å²) in [6.07, 6.45) is 0. The third kappa shape index (κ3) is 3.13. The largest absolute Gasteiger partial charge is 0.491 e. The first-order valence-electron chi connectivity index (χ1n) is 6.79. The maximum absolute atomic E-state index is 12.5. The van der Waals surface area contributed by atoms with Gasteiger partial charge in [0, 0.05) is 13.1 Å². The van der Waals surface area contributed by atoms with Gasteiger partial charge in [0.2, 0.25) is 10.0 Å². The number of rotatable bonds is 5. The first kappa shape index (κ1) is 15.3. The lowest BCUT2D eigenvalue weighted by molar-refractivity contribution is 0.201. The van der Waals surface area contributed by atoms with Gasteiger partial charge in [-0.3, -0.25) is 0 Å². The van der Waals surface area contributed by atoms with E-state index in [0.29, 0.717) is 30.7 Å². The molecule has 1 N–H and O–H groups in total. The van der Waals surface area contributed by atoms with E-state index in [1.807, 2.05) is 0 Å². The quantitative estimate of drug-likeness (QED) is 0.891. The predicted octanol–water partition coefficient (Wildman–Crippen LogP) is 1.33. The van der Waals surface area contributed by atoms with Crippen LogP contribution in [-0.2, 0) is 10.0 Å². The molecule has 1 aromatic carbocycles. The summed E-state index contributed by atoms with van der Waals surface area (Å²) in [7, 11) is -3.41. The van der Waals surface area contributed by atoms with E-state index < -0.39 is 10.0 Å². The number of aliphatic hydroxyl groups is 1. The van der Waals surface area contributed by atoms with Crippen LogP contribution in [0, 0.1) is 11.8 Å². The zero-order chi connectivity index (χ0) is 14.8. The third-order valence-electron chi connectivity index (χ3n) is 3.78. The second-order valence-corrected chi connectivity index (χ2v) is 7.26. The van der Waals surface area contributed by atoms with Gasteiger partial charge >= 0.3 is 0 Å². The maximum atomic E-state index is 12.5. The van der Waals surface area contributed by atoms with Crippen molar-refractivity contribution in [3.05, 3.63) is 24.3 Å². The number of hydrogen-bond acceptors (Lipinski definition) is 4. The Morgan fingerprint density at radius 3 is 2.25 bits per heavy atom. The van der Waals surface area contributed by atoms with Crippen LogP contribution in [0.5, 0.6) is 5.75 Å². The summed E-state index contributed by atoms with van der Waals surface area (Å²) >= 11 is 0. The van der Waals surface area contributed by atoms with E-state index in [1.54, 1.807) is 28.6 Å². The fourth-order valence-corrected chi connectivity index (χ4v) is 3.93. The van der Waals surface area contributed by atoms with Gasteiger partial charge in [-0.2, -0.15) is 4.31 Å². The van der Waals surface area contributed by atoms with Crippen molar-refractivity contribution in [1.29, 1.82) is 0 Å². The van der Waals surface area contributed by atoms with Gasteiger partial charge < -0.3 is 9.84 Å². The zero-order valence-electron chi connectivity index (χ0n) is 11.8. The van der Waals surface area contributed by atoms with Crippen molar-refractivity contribution < 1.29 is 18.3 Å². The van der Waals surface area contributed by atoms with E-state index >= 15 is 0 Å². The lowest BCUT2D eigenvalue weighted by Gasteiger charge is -2.16. The maximum Gasteiger partial charge on any atom is 0.243 e. The fourth-order valence-electron chi connectivity index (χ4n) is 2.29. The van der Waals surface area contributed by atoms with Crippen molar-refractivity contribution in [2.75, 3.05) is 26.3 Å². The molecule has 1 aromatic rings. The molecule has 0 aliphatic carbocycles. The first-order valence-corrected chi connectivity index (χ1v) is 8.23. The highest BCUT2D eigenvalue weighted by molar-refractivity contribution is 7.89. The van der Waals surface area contributed by atoms with Gasteiger partial charge in [0.25, 0.3) is 0 Å². The van der Waals surface area contributed by atoms with Gasteiger partial charge in [0.15, 0.2) is 0 Å². The van der Waals surface area contributed by atoms with E-state index in [1.165, 1.54) is 0 Å². The van der Waals surface area contributed by atoms with Crippen LogP contribution in [0.4, 0.5) is 0 Å². The van der Waals surface area contributed by atoms with Crippen molar-refractivity contribution in [2.24, 2.45) is 11.8 Å². The van der Waals surface area contributed by atoms with E-state index in [0.717, 1.165) is 0 Å². The molecule has 1 saturated heterocycles. The predicted molar refractivity (Wildman–Crippen MR) is 76.1 cm³/mol. The summed E-state index contributed by atoms with van der Waals surface area (Å²) in [6.45, 7) is 5.44. The van der Waals surface area contributed by atoms with Gasteiger partial charge in [-0.15, -0.1) is 0 Å². The molecule has 2 rings (SSSR count). The van der Waals surface area contributed by atoms with E-state index in [4.69, 9.17) is 9.84 Å². The van der Waals surface area contributed by atoms with Crippen molar-refractivity contribution in [3.8, 4) is 5.75 Å². The van der Waals surface area contributed by atoms with Gasteiger partial charge in [-0.05, 0) is 36.1 Å². The molecule has 5 nitrogen and oxygen atoms in total. The van der Waals surface area contributed by atoms with Crippen molar-refractivity contribution >= 4 is 10.0 Å². The SMILES string of the molecule is CC1CN(S(=O)(=O)c2ccc(OCCO)cc2)CC1C. The minimum absolute atomic E-state index is 0.0659. The molecule has 20 heavy (non-hydrogen) atoms. The Morgan fingerprint density at radius 2 is 1.75 bits per heavy atom. The summed E-state index contributed by atoms with van der Waals surface area (Å²) in [4.78, 5) is 0.287. The van der Waals surface area contributed by atoms with Crippen LogP contribution in [0.3, 0.4) is 0 Å². The summed E-state index contributed by atoms with van der Waals surface area (Å²) in [5, 5.41) is 8.68. The number of ether oxygens (including phenoxy) is 1.